The van der Waals surface area contributed by atoms with Crippen molar-refractivity contribution in [2.45, 2.75) is 51.1 Å². The van der Waals surface area contributed by atoms with Gasteiger partial charge in [0, 0.05) is 24.7 Å². The van der Waals surface area contributed by atoms with Gasteiger partial charge in [-0.3, -0.25) is 0 Å². The average Bonchev–Trinajstić information content (AvgIpc) is 2.44. The highest BCUT2D eigenvalue weighted by molar-refractivity contribution is 7.89. The van der Waals surface area contributed by atoms with Crippen molar-refractivity contribution in [3.63, 3.8) is 0 Å². The second kappa shape index (κ2) is 6.02. The van der Waals surface area contributed by atoms with Crippen molar-refractivity contribution in [2.24, 2.45) is 11.7 Å². The Morgan fingerprint density at radius 2 is 2.00 bits per heavy atom. The number of benzene rings is 1. The van der Waals surface area contributed by atoms with E-state index in [2.05, 4.69) is 6.92 Å². The lowest BCUT2D eigenvalue weighted by molar-refractivity contribution is 0.218. The number of sulfonamides is 1. The third-order valence-electron chi connectivity index (χ3n) is 4.19. The summed E-state index contributed by atoms with van der Waals surface area (Å²) in [5.74, 6) is -0.0805. The number of halogens is 1. The van der Waals surface area contributed by atoms with Crippen molar-refractivity contribution in [3.05, 3.63) is 29.1 Å². The number of nitrogens with two attached hydrogens (primary N) is 1. The molecular formula is C15H23FN2O2S. The molecule has 6 heteroatoms. The van der Waals surface area contributed by atoms with Crippen LogP contribution in [0.4, 0.5) is 4.39 Å². The molecule has 21 heavy (non-hydrogen) atoms. The SMILES string of the molecule is Cc1cc(S(=O)(=O)N2CC(C)CCC2C)cc(CN)c1F. The molecule has 4 nitrogen and oxygen atoms in total. The van der Waals surface area contributed by atoms with Crippen molar-refractivity contribution in [1.82, 2.24) is 4.31 Å². The van der Waals surface area contributed by atoms with Crippen LogP contribution in [0.1, 0.15) is 37.8 Å². The van der Waals surface area contributed by atoms with E-state index in [1.807, 2.05) is 6.92 Å². The minimum atomic E-state index is -3.60. The zero-order valence-corrected chi connectivity index (χ0v) is 13.6. The number of hydrogen-bond acceptors (Lipinski definition) is 3. The van der Waals surface area contributed by atoms with Gasteiger partial charge in [-0.05, 0) is 50.3 Å². The number of hydrogen-bond donors (Lipinski definition) is 1. The summed E-state index contributed by atoms with van der Waals surface area (Å²) in [4.78, 5) is 0.141. The normalized spacial score (nSPS) is 24.2. The number of aryl methyl sites for hydroxylation is 1. The number of rotatable bonds is 3. The molecule has 0 saturated carbocycles. The van der Waals surface area contributed by atoms with Gasteiger partial charge in [0.1, 0.15) is 5.82 Å². The fourth-order valence-corrected chi connectivity index (χ4v) is 4.74. The van der Waals surface area contributed by atoms with E-state index < -0.39 is 15.8 Å². The Bertz CT molecular complexity index is 631. The van der Waals surface area contributed by atoms with E-state index in [0.29, 0.717) is 18.0 Å². The van der Waals surface area contributed by atoms with Gasteiger partial charge in [0.05, 0.1) is 4.90 Å². The van der Waals surface area contributed by atoms with Gasteiger partial charge in [0.2, 0.25) is 10.0 Å². The van der Waals surface area contributed by atoms with E-state index in [9.17, 15) is 12.8 Å². The van der Waals surface area contributed by atoms with Crippen LogP contribution in [0.25, 0.3) is 0 Å². The van der Waals surface area contributed by atoms with Crippen LogP contribution in [0.3, 0.4) is 0 Å². The van der Waals surface area contributed by atoms with Crippen LogP contribution in [0.15, 0.2) is 17.0 Å². The monoisotopic (exact) mass is 314 g/mol. The second-order valence-corrected chi connectivity index (χ2v) is 7.91. The predicted octanol–water partition coefficient (Wildman–Crippen LogP) is 2.40. The third kappa shape index (κ3) is 3.12. The average molecular weight is 314 g/mol. The van der Waals surface area contributed by atoms with Crippen LogP contribution in [0, 0.1) is 18.7 Å². The van der Waals surface area contributed by atoms with E-state index in [1.54, 1.807) is 6.92 Å². The van der Waals surface area contributed by atoms with E-state index >= 15 is 0 Å². The van der Waals surface area contributed by atoms with Crippen LogP contribution in [0.2, 0.25) is 0 Å². The number of nitrogens with zero attached hydrogens (tertiary/aromatic N) is 1. The van der Waals surface area contributed by atoms with E-state index in [0.717, 1.165) is 12.8 Å². The molecule has 1 aliphatic rings. The van der Waals surface area contributed by atoms with E-state index in [4.69, 9.17) is 5.73 Å². The molecule has 0 aromatic heterocycles. The minimum absolute atomic E-state index is 0.0119. The van der Waals surface area contributed by atoms with Gasteiger partial charge in [-0.15, -0.1) is 0 Å². The molecule has 1 aromatic rings. The third-order valence-corrected chi connectivity index (χ3v) is 6.15. The summed E-state index contributed by atoms with van der Waals surface area (Å²) in [6.45, 7) is 6.04. The maximum Gasteiger partial charge on any atom is 0.243 e. The summed E-state index contributed by atoms with van der Waals surface area (Å²) in [7, 11) is -3.60. The second-order valence-electron chi connectivity index (χ2n) is 6.02. The molecule has 118 valence electrons. The quantitative estimate of drug-likeness (QED) is 0.932. The van der Waals surface area contributed by atoms with Gasteiger partial charge >= 0.3 is 0 Å². The van der Waals surface area contributed by atoms with E-state index in [1.165, 1.54) is 16.4 Å². The molecule has 2 unspecified atom stereocenters. The lowest BCUT2D eigenvalue weighted by Crippen LogP contribution is -2.44. The van der Waals surface area contributed by atoms with Gasteiger partial charge in [-0.25, -0.2) is 12.8 Å². The van der Waals surface area contributed by atoms with Crippen LogP contribution in [0.5, 0.6) is 0 Å². The minimum Gasteiger partial charge on any atom is -0.326 e. The van der Waals surface area contributed by atoms with Crippen molar-refractivity contribution >= 4 is 10.0 Å². The fraction of sp³-hybridized carbons (Fsp3) is 0.600. The first-order valence-corrected chi connectivity index (χ1v) is 8.72. The highest BCUT2D eigenvalue weighted by Crippen LogP contribution is 2.29. The van der Waals surface area contributed by atoms with Gasteiger partial charge in [0.25, 0.3) is 0 Å². The first-order valence-electron chi connectivity index (χ1n) is 7.28. The first kappa shape index (κ1) is 16.4. The summed E-state index contributed by atoms with van der Waals surface area (Å²) in [5.41, 5.74) is 6.07. The molecule has 0 spiro atoms. The molecule has 0 bridgehead atoms. The highest BCUT2D eigenvalue weighted by atomic mass is 32.2. The van der Waals surface area contributed by atoms with Crippen LogP contribution in [-0.2, 0) is 16.6 Å². The molecule has 2 rings (SSSR count). The van der Waals surface area contributed by atoms with Gasteiger partial charge in [-0.2, -0.15) is 4.31 Å². The summed E-state index contributed by atoms with van der Waals surface area (Å²) in [5, 5.41) is 0. The zero-order chi connectivity index (χ0) is 15.8. The van der Waals surface area contributed by atoms with Crippen molar-refractivity contribution < 1.29 is 12.8 Å². The van der Waals surface area contributed by atoms with Gasteiger partial charge in [0.15, 0.2) is 0 Å². The summed E-state index contributed by atoms with van der Waals surface area (Å²) in [6, 6.07) is 2.73. The smallest absolute Gasteiger partial charge is 0.243 e. The van der Waals surface area contributed by atoms with E-state index in [-0.39, 0.29) is 23.0 Å². The summed E-state index contributed by atoms with van der Waals surface area (Å²) in [6.07, 6.45) is 1.88. The Balaban J connectivity index is 2.46. The van der Waals surface area contributed by atoms with Crippen molar-refractivity contribution in [3.8, 4) is 0 Å². The van der Waals surface area contributed by atoms with Crippen LogP contribution < -0.4 is 5.73 Å². The lowest BCUT2D eigenvalue weighted by Gasteiger charge is -2.35. The van der Waals surface area contributed by atoms with Crippen molar-refractivity contribution in [2.75, 3.05) is 6.54 Å². The Morgan fingerprint density at radius 3 is 2.62 bits per heavy atom. The maximum atomic E-state index is 13.9. The van der Waals surface area contributed by atoms with Crippen LogP contribution >= 0.6 is 0 Å². The molecular weight excluding hydrogens is 291 g/mol. The molecule has 0 radical (unpaired) electrons. The number of piperidine rings is 1. The Morgan fingerprint density at radius 1 is 1.33 bits per heavy atom. The molecule has 1 aromatic carbocycles. The molecule has 1 fully saturated rings. The standard InChI is InChI=1S/C15H23FN2O2S/c1-10-4-5-12(3)18(9-10)21(19,20)14-6-11(2)15(16)13(7-14)8-17/h6-7,10,12H,4-5,8-9,17H2,1-3H3. The lowest BCUT2D eigenvalue weighted by atomic mass is 9.97. The molecule has 2 N–H and O–H groups in total. The molecule has 0 aliphatic carbocycles. The van der Waals surface area contributed by atoms with Crippen LogP contribution in [-0.4, -0.2) is 25.3 Å². The predicted molar refractivity (Wildman–Crippen MR) is 80.8 cm³/mol. The molecule has 2 atom stereocenters. The van der Waals surface area contributed by atoms with Gasteiger partial charge < -0.3 is 5.73 Å². The Kier molecular flexibility index (Phi) is 4.70. The molecule has 1 saturated heterocycles. The highest BCUT2D eigenvalue weighted by Gasteiger charge is 2.34. The largest absolute Gasteiger partial charge is 0.326 e. The summed E-state index contributed by atoms with van der Waals surface area (Å²) >= 11 is 0. The summed E-state index contributed by atoms with van der Waals surface area (Å²) < 4.78 is 41.1. The maximum absolute atomic E-state index is 13.9. The Hall–Kier alpha value is -0.980. The molecule has 1 heterocycles. The van der Waals surface area contributed by atoms with Crippen molar-refractivity contribution in [1.29, 1.82) is 0 Å². The molecule has 0 amide bonds. The first-order chi connectivity index (χ1) is 9.77. The fourth-order valence-electron chi connectivity index (χ4n) is 2.82. The zero-order valence-electron chi connectivity index (χ0n) is 12.8. The Labute approximate surface area is 126 Å². The van der Waals surface area contributed by atoms with Gasteiger partial charge in [-0.1, -0.05) is 6.92 Å². The topological polar surface area (TPSA) is 63.4 Å². The molecule has 1 aliphatic heterocycles.